The van der Waals surface area contributed by atoms with Crippen molar-refractivity contribution in [2.75, 3.05) is 18.6 Å². The minimum atomic E-state index is -5.09. The van der Waals surface area contributed by atoms with E-state index in [0.29, 0.717) is 45.1 Å². The summed E-state index contributed by atoms with van der Waals surface area (Å²) in [6.07, 6.45) is 0.556. The molecule has 0 aliphatic rings. The highest BCUT2D eigenvalue weighted by atomic mass is 32.2. The Morgan fingerprint density at radius 3 is 2.20 bits per heavy atom. The van der Waals surface area contributed by atoms with Gasteiger partial charge in [0.1, 0.15) is 39.3 Å². The Kier molecular flexibility index (Phi) is 15.9. The molecule has 0 radical (unpaired) electrons. The van der Waals surface area contributed by atoms with Gasteiger partial charge in [0, 0.05) is 17.0 Å². The van der Waals surface area contributed by atoms with Crippen molar-refractivity contribution in [2.45, 2.75) is 30.1 Å². The molecule has 0 aliphatic heterocycles. The quantitative estimate of drug-likeness (QED) is 0.0118. The lowest BCUT2D eigenvalue weighted by Crippen LogP contribution is -2.08. The van der Waals surface area contributed by atoms with Crippen LogP contribution in [-0.2, 0) is 39.7 Å². The summed E-state index contributed by atoms with van der Waals surface area (Å²) >= 11 is 1.39. The SMILES string of the molecule is CS(=O)(=O)O.Cc1cc(N=Nc2c(SOOO)cc3cc(S(=O)(=O)O)c(N=Nc4c(C)c(C#N)c5nc6ccccc6n5c4O)cc3c2O)c(OCCCS(=O)(=O)O)cc1N=Nc1nc2ccc(C(=O)O)cc2s1. The lowest BCUT2D eigenvalue weighted by atomic mass is 10.1. The molecule has 384 valence electrons. The Bertz CT molecular complexity index is 4060. The first-order valence-corrected chi connectivity index (χ1v) is 26.8. The average molecular weight is 1110 g/mol. The predicted molar refractivity (Wildman–Crippen MR) is 264 cm³/mol. The van der Waals surface area contributed by atoms with Crippen molar-refractivity contribution in [3.05, 3.63) is 95.1 Å². The lowest BCUT2D eigenvalue weighted by Gasteiger charge is -2.13. The molecule has 0 unspecified atom stereocenters. The number of benzene rings is 5. The van der Waals surface area contributed by atoms with Gasteiger partial charge in [-0.2, -0.15) is 30.5 Å². The summed E-state index contributed by atoms with van der Waals surface area (Å²) in [5, 5.41) is 80.6. The van der Waals surface area contributed by atoms with E-state index in [9.17, 15) is 59.7 Å². The number of carboxylic acid groups (broad SMARTS) is 1. The third-order valence-electron chi connectivity index (χ3n) is 10.1. The second-order valence-electron chi connectivity index (χ2n) is 15.3. The first-order chi connectivity index (χ1) is 34.8. The summed E-state index contributed by atoms with van der Waals surface area (Å²) in [6.45, 7) is 2.84. The third-order valence-corrected chi connectivity index (χ3v) is 13.3. The zero-order valence-electron chi connectivity index (χ0n) is 37.8. The Hall–Kier alpha value is -7.68. The number of aryl methyl sites for hydroxylation is 1. The number of nitriles is 1. The Morgan fingerprint density at radius 2 is 1.53 bits per heavy atom. The summed E-state index contributed by atoms with van der Waals surface area (Å²) in [7, 11) is -13.1. The van der Waals surface area contributed by atoms with Crippen molar-refractivity contribution >= 4 is 131 Å². The molecule has 0 aliphatic carbocycles. The molecule has 3 heterocycles. The van der Waals surface area contributed by atoms with Crippen LogP contribution in [0.4, 0.5) is 33.6 Å². The molecule has 27 nitrogen and oxygen atoms in total. The van der Waals surface area contributed by atoms with Gasteiger partial charge in [-0.1, -0.05) is 28.5 Å². The van der Waals surface area contributed by atoms with Crippen LogP contribution in [0.2, 0.25) is 0 Å². The van der Waals surface area contributed by atoms with Crippen LogP contribution in [0.15, 0.2) is 113 Å². The van der Waals surface area contributed by atoms with E-state index < -0.39 is 64.3 Å². The van der Waals surface area contributed by atoms with Crippen molar-refractivity contribution in [1.29, 1.82) is 5.26 Å². The van der Waals surface area contributed by atoms with Crippen LogP contribution in [0.3, 0.4) is 0 Å². The number of hydrogen-bond donors (Lipinski definition) is 7. The molecule has 8 aromatic rings. The van der Waals surface area contributed by atoms with Gasteiger partial charge in [-0.25, -0.2) is 20.0 Å². The number of pyridine rings is 1. The summed E-state index contributed by atoms with van der Waals surface area (Å²) in [5.41, 5.74) is 1.22. The highest BCUT2D eigenvalue weighted by molar-refractivity contribution is 7.94. The van der Waals surface area contributed by atoms with Gasteiger partial charge in [-0.05, 0) is 85.8 Å². The molecule has 0 amide bonds. The van der Waals surface area contributed by atoms with E-state index in [1.54, 1.807) is 31.2 Å². The van der Waals surface area contributed by atoms with E-state index in [0.717, 1.165) is 23.5 Å². The highest BCUT2D eigenvalue weighted by Crippen LogP contribution is 2.48. The van der Waals surface area contributed by atoms with Gasteiger partial charge >= 0.3 is 5.97 Å². The Balaban J connectivity index is 0.00000153. The second kappa shape index (κ2) is 21.8. The molecule has 0 saturated heterocycles. The Morgan fingerprint density at radius 1 is 0.838 bits per heavy atom. The summed E-state index contributed by atoms with van der Waals surface area (Å²) in [4.78, 5) is 19.3. The number of phenolic OH excluding ortho intramolecular Hbond substituents is 1. The number of azo groups is 3. The van der Waals surface area contributed by atoms with Crippen molar-refractivity contribution in [3.8, 4) is 23.4 Å². The molecule has 0 saturated carbocycles. The maximum Gasteiger partial charge on any atom is 0.335 e. The summed E-state index contributed by atoms with van der Waals surface area (Å²) in [6, 6.07) is 19.2. The molecule has 5 aromatic carbocycles. The number of imidazole rings is 1. The van der Waals surface area contributed by atoms with Crippen molar-refractivity contribution in [1.82, 2.24) is 14.4 Å². The number of aromatic nitrogens is 3. The maximum atomic E-state index is 12.8. The number of fused-ring (bicyclic) bond motifs is 5. The van der Waals surface area contributed by atoms with Crippen molar-refractivity contribution < 1.29 is 78.4 Å². The van der Waals surface area contributed by atoms with Gasteiger partial charge in [0.2, 0.25) is 11.0 Å². The molecule has 8 rings (SSSR count). The van der Waals surface area contributed by atoms with E-state index in [1.807, 2.05) is 6.07 Å². The van der Waals surface area contributed by atoms with Crippen LogP contribution >= 0.6 is 23.4 Å². The van der Waals surface area contributed by atoms with E-state index in [2.05, 4.69) is 50.0 Å². The molecule has 0 bridgehead atoms. The molecule has 0 spiro atoms. The number of thiazole rings is 1. The number of rotatable bonds is 16. The zero-order chi connectivity index (χ0) is 53.9. The number of hydrogen-bond acceptors (Lipinski definition) is 24. The van der Waals surface area contributed by atoms with Crippen LogP contribution in [0.1, 0.15) is 33.5 Å². The predicted octanol–water partition coefficient (Wildman–Crippen LogP) is 9.93. The van der Waals surface area contributed by atoms with Crippen LogP contribution in [0.5, 0.6) is 17.4 Å². The first kappa shape index (κ1) is 54.1. The normalized spacial score (nSPS) is 12.4. The lowest BCUT2D eigenvalue weighted by molar-refractivity contribution is -0.432. The van der Waals surface area contributed by atoms with Gasteiger partial charge in [0.15, 0.2) is 17.1 Å². The van der Waals surface area contributed by atoms with E-state index >= 15 is 0 Å². The topological polar surface area (TPSA) is 417 Å². The van der Waals surface area contributed by atoms with Crippen LogP contribution in [0, 0.1) is 25.2 Å². The van der Waals surface area contributed by atoms with E-state index in [1.165, 1.54) is 47.7 Å². The number of carbonyl (C=O) groups is 1. The average Bonchev–Trinajstić information content (AvgIpc) is 3.92. The smallest absolute Gasteiger partial charge is 0.335 e. The van der Waals surface area contributed by atoms with Crippen LogP contribution in [-0.4, -0.2) is 98.4 Å². The van der Waals surface area contributed by atoms with Gasteiger partial charge in [0.25, 0.3) is 30.4 Å². The number of para-hydroxylation sites is 2. The zero-order valence-corrected chi connectivity index (χ0v) is 41.9. The number of phenols is 1. The fourth-order valence-electron chi connectivity index (χ4n) is 6.86. The number of nitrogens with zero attached hydrogens (tertiary/aromatic N) is 10. The molecule has 0 fully saturated rings. The molecule has 74 heavy (non-hydrogen) atoms. The first-order valence-electron chi connectivity index (χ1n) is 20.4. The van der Waals surface area contributed by atoms with Crippen LogP contribution in [0.25, 0.3) is 37.7 Å². The molecular formula is C42H34N10O17S5. The number of ether oxygens (including phenoxy) is 1. The molecule has 3 aromatic heterocycles. The maximum absolute atomic E-state index is 12.8. The van der Waals surface area contributed by atoms with Crippen molar-refractivity contribution in [2.24, 2.45) is 30.7 Å². The number of carboxylic acids is 1. The summed E-state index contributed by atoms with van der Waals surface area (Å²) in [5.74, 6) is -2.96. The molecular weight excluding hydrogens is 1080 g/mol. The van der Waals surface area contributed by atoms with E-state index in [4.69, 9.17) is 14.5 Å². The van der Waals surface area contributed by atoms with Gasteiger partial charge in [-0.15, -0.1) is 35.0 Å². The number of aromatic carboxylic acids is 1. The van der Waals surface area contributed by atoms with E-state index in [-0.39, 0.29) is 84.7 Å². The molecule has 7 N–H and O–H groups in total. The van der Waals surface area contributed by atoms with Gasteiger partial charge < -0.3 is 20.1 Å². The minimum Gasteiger partial charge on any atom is -0.505 e. The fourth-order valence-corrected chi connectivity index (χ4v) is 9.30. The largest absolute Gasteiger partial charge is 0.505 e. The number of aromatic hydroxyl groups is 2. The minimum absolute atomic E-state index is 0.0139. The molecule has 32 heteroatoms. The third kappa shape index (κ3) is 12.6. The summed E-state index contributed by atoms with van der Waals surface area (Å²) < 4.78 is 106. The molecule has 0 atom stereocenters. The standard InChI is InChI=1S/C41H30N10O14S4.CH4O3S/c1-19-12-28(31(63-10-5-11-68(57,58)59)17-27(19)45-50-41-44-26-9-8-21(40(54)55)13-32(26)66-41)46-49-36-33(67-65-64-56)14-22-15-34(69(60,61)62)29(16-23(22)37(36)52)47-48-35-20(2)24(18-42)38-43-25-6-3-4-7-30(25)51(38)39(35)53;1-5(2,3)4/h3-4,6-9,12-17,52-53,56H,5,10-11H2,1-2H3,(H,54,55)(H,57,58,59)(H,60,61,62);1H3,(H,2,3,4). The Labute approximate surface area is 424 Å². The monoisotopic (exact) mass is 1110 g/mol. The van der Waals surface area contributed by atoms with Crippen molar-refractivity contribution in [3.63, 3.8) is 0 Å². The van der Waals surface area contributed by atoms with Gasteiger partial charge in [0.05, 0.1) is 68.1 Å². The fraction of sp³-hybridized carbons (Fsp3) is 0.143. The second-order valence-corrected chi connectivity index (χ2v) is 21.4. The highest BCUT2D eigenvalue weighted by Gasteiger charge is 2.25. The van der Waals surface area contributed by atoms with Gasteiger partial charge in [-0.3, -0.25) is 18.1 Å². The van der Waals surface area contributed by atoms with Crippen LogP contribution < -0.4 is 4.74 Å².